The molecule has 6 heteroatoms. The standard InChI is InChI=1S/C56H42N2O4/c1-32-17-18-36(28-46(32)43-26-22-39-29-51-49(31-47(39)33(43)2)45-15-9-10-16-50(45)58(51)40-12-5-4-6-13-40)35-19-23-41(24-20-35)57(52-53(59)34(3)54(60)56(62)55(52)61)42-25-21-38-27-37-11-7-8-14-44(37)48(38)30-42/h4-26,28-31,59-62H,27H2,1-3H3. The topological polar surface area (TPSA) is 89.1 Å². The number of aromatic hydroxyl groups is 4. The van der Waals surface area contributed by atoms with Gasteiger partial charge < -0.3 is 29.9 Å². The minimum Gasteiger partial charge on any atom is -0.505 e. The quantitative estimate of drug-likeness (QED) is 0.0993. The van der Waals surface area contributed by atoms with Gasteiger partial charge in [-0.05, 0) is 154 Å². The summed E-state index contributed by atoms with van der Waals surface area (Å²) in [7, 11) is 0. The highest BCUT2D eigenvalue weighted by molar-refractivity contribution is 6.14. The van der Waals surface area contributed by atoms with E-state index in [9.17, 15) is 20.4 Å². The van der Waals surface area contributed by atoms with Crippen molar-refractivity contribution < 1.29 is 20.4 Å². The van der Waals surface area contributed by atoms with Gasteiger partial charge in [0.05, 0.1) is 11.0 Å². The predicted molar refractivity (Wildman–Crippen MR) is 253 cm³/mol. The van der Waals surface area contributed by atoms with Crippen molar-refractivity contribution in [1.82, 2.24) is 4.57 Å². The Bertz CT molecular complexity index is 3430. The Morgan fingerprint density at radius 1 is 0.435 bits per heavy atom. The Labute approximate surface area is 359 Å². The van der Waals surface area contributed by atoms with E-state index >= 15 is 0 Å². The molecule has 0 radical (unpaired) electrons. The maximum absolute atomic E-state index is 11.5. The number of benzene rings is 9. The molecule has 9 aromatic carbocycles. The molecule has 10 aromatic rings. The van der Waals surface area contributed by atoms with Crippen molar-refractivity contribution in [3.63, 3.8) is 0 Å². The van der Waals surface area contributed by atoms with E-state index in [2.05, 4.69) is 140 Å². The summed E-state index contributed by atoms with van der Waals surface area (Å²) in [5.74, 6) is -2.21. The lowest BCUT2D eigenvalue weighted by atomic mass is 9.90. The van der Waals surface area contributed by atoms with E-state index in [1.807, 2.05) is 42.5 Å². The summed E-state index contributed by atoms with van der Waals surface area (Å²) in [6, 6.07) is 57.3. The largest absolute Gasteiger partial charge is 0.505 e. The summed E-state index contributed by atoms with van der Waals surface area (Å²) in [6.45, 7) is 5.88. The molecule has 1 aliphatic carbocycles. The van der Waals surface area contributed by atoms with Crippen molar-refractivity contribution in [1.29, 1.82) is 0 Å². The zero-order valence-corrected chi connectivity index (χ0v) is 34.5. The molecule has 0 saturated heterocycles. The predicted octanol–water partition coefficient (Wildman–Crippen LogP) is 14.1. The van der Waals surface area contributed by atoms with E-state index in [0.717, 1.165) is 39.9 Å². The molecule has 0 unspecified atom stereocenters. The van der Waals surface area contributed by atoms with Crippen molar-refractivity contribution in [2.75, 3.05) is 4.90 Å². The average molecular weight is 807 g/mol. The third-order valence-electron chi connectivity index (χ3n) is 13.0. The Morgan fingerprint density at radius 3 is 1.97 bits per heavy atom. The molecule has 11 rings (SSSR count). The van der Waals surface area contributed by atoms with Crippen LogP contribution in [0.2, 0.25) is 0 Å². The maximum Gasteiger partial charge on any atom is 0.203 e. The summed E-state index contributed by atoms with van der Waals surface area (Å²) in [4.78, 5) is 1.73. The van der Waals surface area contributed by atoms with E-state index in [-0.39, 0.29) is 17.0 Å². The van der Waals surface area contributed by atoms with Crippen molar-refractivity contribution in [3.05, 3.63) is 192 Å². The van der Waals surface area contributed by atoms with Gasteiger partial charge in [0.25, 0.3) is 0 Å². The van der Waals surface area contributed by atoms with E-state index in [4.69, 9.17) is 0 Å². The van der Waals surface area contributed by atoms with E-state index in [1.54, 1.807) is 4.90 Å². The molecule has 0 aliphatic heterocycles. The highest BCUT2D eigenvalue weighted by Crippen LogP contribution is 2.55. The fraction of sp³-hybridized carbons (Fsp3) is 0.0714. The van der Waals surface area contributed by atoms with Gasteiger partial charge in [0.2, 0.25) is 5.75 Å². The highest BCUT2D eigenvalue weighted by Gasteiger charge is 2.29. The van der Waals surface area contributed by atoms with Crippen molar-refractivity contribution in [2.45, 2.75) is 27.2 Å². The minimum atomic E-state index is -0.692. The Hall–Kier alpha value is -7.96. The van der Waals surface area contributed by atoms with E-state index < -0.39 is 17.2 Å². The van der Waals surface area contributed by atoms with E-state index in [0.29, 0.717) is 11.4 Å². The lowest BCUT2D eigenvalue weighted by Gasteiger charge is -2.28. The van der Waals surface area contributed by atoms with Crippen molar-refractivity contribution in [2.24, 2.45) is 0 Å². The summed E-state index contributed by atoms with van der Waals surface area (Å²) in [6.07, 6.45) is 0.817. The molecule has 1 aromatic heterocycles. The summed E-state index contributed by atoms with van der Waals surface area (Å²) >= 11 is 0. The Balaban J connectivity index is 1.00. The van der Waals surface area contributed by atoms with Gasteiger partial charge in [-0.2, -0.15) is 0 Å². The summed E-state index contributed by atoms with van der Waals surface area (Å²) < 4.78 is 2.36. The summed E-state index contributed by atoms with van der Waals surface area (Å²) in [5, 5.41) is 49.1. The Kier molecular flexibility index (Phi) is 8.41. The van der Waals surface area contributed by atoms with Crippen LogP contribution in [0.5, 0.6) is 23.0 Å². The van der Waals surface area contributed by atoms with Crippen LogP contribution in [0.4, 0.5) is 17.1 Å². The van der Waals surface area contributed by atoms with Gasteiger partial charge in [-0.1, -0.05) is 103 Å². The van der Waals surface area contributed by atoms with Crippen molar-refractivity contribution in [3.8, 4) is 62.1 Å². The van der Waals surface area contributed by atoms with Crippen molar-refractivity contribution >= 4 is 49.6 Å². The second kappa shape index (κ2) is 14.1. The summed E-state index contributed by atoms with van der Waals surface area (Å²) in [5.41, 5.74) is 16.2. The van der Waals surface area contributed by atoms with Crippen LogP contribution in [0, 0.1) is 20.8 Å². The second-order valence-corrected chi connectivity index (χ2v) is 16.5. The molecule has 300 valence electrons. The van der Waals surface area contributed by atoms with Gasteiger partial charge in [0.15, 0.2) is 11.5 Å². The van der Waals surface area contributed by atoms with Gasteiger partial charge in [-0.15, -0.1) is 0 Å². The lowest BCUT2D eigenvalue weighted by molar-refractivity contribution is 0.359. The number of rotatable bonds is 6. The van der Waals surface area contributed by atoms with Crippen LogP contribution < -0.4 is 4.90 Å². The van der Waals surface area contributed by atoms with Gasteiger partial charge in [0.1, 0.15) is 11.4 Å². The Morgan fingerprint density at radius 2 is 1.15 bits per heavy atom. The third-order valence-corrected chi connectivity index (χ3v) is 13.0. The molecular formula is C56H42N2O4. The number of para-hydroxylation sites is 2. The SMILES string of the molecule is Cc1ccc(-c2ccc(N(c3ccc4c(c3)-c3ccccc3C4)c3c(O)c(C)c(O)c(O)c3O)cc2)cc1-c1ccc2cc3c(cc2c1C)c1ccccc1n3-c1ccccc1. The molecule has 0 saturated carbocycles. The smallest absolute Gasteiger partial charge is 0.203 e. The fourth-order valence-corrected chi connectivity index (χ4v) is 9.65. The molecule has 0 atom stereocenters. The normalized spacial score (nSPS) is 12.0. The number of nitrogens with zero attached hydrogens (tertiary/aromatic N) is 2. The number of hydrogen-bond acceptors (Lipinski definition) is 5. The molecule has 0 bridgehead atoms. The number of hydrogen-bond donors (Lipinski definition) is 4. The van der Waals surface area contributed by atoms with Gasteiger partial charge in [0, 0.05) is 33.4 Å². The maximum atomic E-state index is 11.5. The number of phenols is 4. The fourth-order valence-electron chi connectivity index (χ4n) is 9.65. The third kappa shape index (κ3) is 5.64. The van der Waals surface area contributed by atoms with Crippen LogP contribution in [0.15, 0.2) is 164 Å². The first-order chi connectivity index (χ1) is 30.2. The van der Waals surface area contributed by atoms with Crippen LogP contribution in [0.3, 0.4) is 0 Å². The molecule has 4 N–H and O–H groups in total. The number of aromatic nitrogens is 1. The van der Waals surface area contributed by atoms with Crippen LogP contribution in [0.25, 0.3) is 71.6 Å². The zero-order chi connectivity index (χ0) is 42.4. The molecular weight excluding hydrogens is 765 g/mol. The lowest BCUT2D eigenvalue weighted by Crippen LogP contribution is -2.11. The van der Waals surface area contributed by atoms with Crippen LogP contribution in [-0.2, 0) is 6.42 Å². The van der Waals surface area contributed by atoms with Crippen LogP contribution >= 0.6 is 0 Å². The zero-order valence-electron chi connectivity index (χ0n) is 34.5. The molecule has 62 heavy (non-hydrogen) atoms. The van der Waals surface area contributed by atoms with Gasteiger partial charge in [-0.3, -0.25) is 0 Å². The van der Waals surface area contributed by atoms with Gasteiger partial charge >= 0.3 is 0 Å². The molecule has 0 fully saturated rings. The number of phenolic OH excluding ortho intramolecular Hbond substituents is 4. The first-order valence-corrected chi connectivity index (χ1v) is 20.9. The molecule has 0 spiro atoms. The number of anilines is 3. The molecule has 1 heterocycles. The molecule has 6 nitrogen and oxygen atoms in total. The molecule has 0 amide bonds. The van der Waals surface area contributed by atoms with Crippen LogP contribution in [0.1, 0.15) is 27.8 Å². The second-order valence-electron chi connectivity index (χ2n) is 16.5. The van der Waals surface area contributed by atoms with E-state index in [1.165, 1.54) is 67.3 Å². The number of fused-ring (bicyclic) bond motifs is 7. The van der Waals surface area contributed by atoms with Gasteiger partial charge in [-0.25, -0.2) is 0 Å². The monoisotopic (exact) mass is 806 g/mol. The first kappa shape index (κ1) is 37.1. The average Bonchev–Trinajstić information content (AvgIpc) is 3.84. The highest BCUT2D eigenvalue weighted by atomic mass is 16.3. The minimum absolute atomic E-state index is 0.0249. The number of aryl methyl sites for hydroxylation is 2. The first-order valence-electron chi connectivity index (χ1n) is 20.9. The molecule has 1 aliphatic rings. The van der Waals surface area contributed by atoms with Crippen LogP contribution in [-0.4, -0.2) is 25.0 Å².